The van der Waals surface area contributed by atoms with Crippen LogP contribution in [0.1, 0.15) is 16.8 Å². The predicted molar refractivity (Wildman–Crippen MR) is 53.1 cm³/mol. The number of amides is 1. The molecule has 0 saturated carbocycles. The van der Waals surface area contributed by atoms with Crippen molar-refractivity contribution in [1.29, 1.82) is 0 Å². The van der Waals surface area contributed by atoms with Crippen LogP contribution >= 0.6 is 11.3 Å². The van der Waals surface area contributed by atoms with Gasteiger partial charge in [0.2, 0.25) is 0 Å². The fraction of sp³-hybridized carbons (Fsp3) is 0.444. The molecule has 70 valence electrons. The summed E-state index contributed by atoms with van der Waals surface area (Å²) in [6.45, 7) is 1.91. The molecule has 0 unspecified atom stereocenters. The van der Waals surface area contributed by atoms with Crippen LogP contribution in [0.15, 0.2) is 16.8 Å². The minimum Gasteiger partial charge on any atom is -0.348 e. The SMILES string of the molecule is O=C(N[C@@H]1CCNC1)c1ccsc1. The zero-order valence-corrected chi connectivity index (χ0v) is 8.06. The third-order valence-corrected chi connectivity index (χ3v) is 2.86. The lowest BCUT2D eigenvalue weighted by atomic mass is 10.2. The molecule has 4 heteroatoms. The molecule has 1 aliphatic heterocycles. The van der Waals surface area contributed by atoms with Gasteiger partial charge in [-0.15, -0.1) is 0 Å². The van der Waals surface area contributed by atoms with E-state index in [4.69, 9.17) is 0 Å². The molecular weight excluding hydrogens is 184 g/mol. The van der Waals surface area contributed by atoms with Gasteiger partial charge in [-0.1, -0.05) is 0 Å². The molecule has 0 spiro atoms. The molecule has 2 N–H and O–H groups in total. The van der Waals surface area contributed by atoms with Crippen molar-refractivity contribution >= 4 is 17.2 Å². The van der Waals surface area contributed by atoms with Gasteiger partial charge in [-0.3, -0.25) is 4.79 Å². The monoisotopic (exact) mass is 196 g/mol. The normalized spacial score (nSPS) is 21.7. The summed E-state index contributed by atoms with van der Waals surface area (Å²) in [7, 11) is 0. The molecule has 1 atom stereocenters. The van der Waals surface area contributed by atoms with E-state index in [1.54, 1.807) is 11.3 Å². The van der Waals surface area contributed by atoms with Gasteiger partial charge in [0, 0.05) is 23.5 Å². The Kier molecular flexibility index (Phi) is 2.61. The topological polar surface area (TPSA) is 41.1 Å². The van der Waals surface area contributed by atoms with Gasteiger partial charge in [0.05, 0.1) is 0 Å². The van der Waals surface area contributed by atoms with Crippen LogP contribution in [0.25, 0.3) is 0 Å². The minimum absolute atomic E-state index is 0.0509. The first-order chi connectivity index (χ1) is 6.36. The second-order valence-electron chi connectivity index (χ2n) is 3.18. The number of nitrogens with one attached hydrogen (secondary N) is 2. The maximum absolute atomic E-state index is 11.5. The van der Waals surface area contributed by atoms with Gasteiger partial charge in [-0.2, -0.15) is 11.3 Å². The van der Waals surface area contributed by atoms with E-state index in [1.165, 1.54) is 0 Å². The summed E-state index contributed by atoms with van der Waals surface area (Å²) >= 11 is 1.55. The van der Waals surface area contributed by atoms with Crippen molar-refractivity contribution in [3.8, 4) is 0 Å². The molecule has 0 radical (unpaired) electrons. The van der Waals surface area contributed by atoms with Gasteiger partial charge >= 0.3 is 0 Å². The smallest absolute Gasteiger partial charge is 0.252 e. The van der Waals surface area contributed by atoms with Crippen molar-refractivity contribution in [3.05, 3.63) is 22.4 Å². The predicted octanol–water partition coefficient (Wildman–Crippen LogP) is 0.840. The molecule has 1 aromatic rings. The molecular formula is C9H12N2OS. The Labute approximate surface area is 81.2 Å². The number of thiophene rings is 1. The van der Waals surface area contributed by atoms with Crippen LogP contribution < -0.4 is 10.6 Å². The molecule has 2 heterocycles. The van der Waals surface area contributed by atoms with Crippen LogP contribution in [0.3, 0.4) is 0 Å². The van der Waals surface area contributed by atoms with E-state index >= 15 is 0 Å². The Morgan fingerprint density at radius 1 is 1.69 bits per heavy atom. The summed E-state index contributed by atoms with van der Waals surface area (Å²) in [6, 6.07) is 2.16. The molecule has 1 aromatic heterocycles. The Morgan fingerprint density at radius 2 is 2.62 bits per heavy atom. The first kappa shape index (κ1) is 8.72. The van der Waals surface area contributed by atoms with E-state index in [1.807, 2.05) is 16.8 Å². The van der Waals surface area contributed by atoms with E-state index in [2.05, 4.69) is 10.6 Å². The number of carbonyl (C=O) groups excluding carboxylic acids is 1. The zero-order chi connectivity index (χ0) is 9.10. The number of carbonyl (C=O) groups is 1. The van der Waals surface area contributed by atoms with Gasteiger partial charge in [0.25, 0.3) is 5.91 Å². The molecule has 0 aromatic carbocycles. The Morgan fingerprint density at radius 3 is 3.23 bits per heavy atom. The van der Waals surface area contributed by atoms with Crippen molar-refractivity contribution in [2.75, 3.05) is 13.1 Å². The third-order valence-electron chi connectivity index (χ3n) is 2.18. The summed E-state index contributed by atoms with van der Waals surface area (Å²) < 4.78 is 0. The number of rotatable bonds is 2. The van der Waals surface area contributed by atoms with Crippen LogP contribution in [0, 0.1) is 0 Å². The highest BCUT2D eigenvalue weighted by Crippen LogP contribution is 2.06. The van der Waals surface area contributed by atoms with Crippen LogP contribution in [0.5, 0.6) is 0 Å². The van der Waals surface area contributed by atoms with Gasteiger partial charge < -0.3 is 10.6 Å². The van der Waals surface area contributed by atoms with Crippen molar-refractivity contribution in [2.24, 2.45) is 0 Å². The maximum atomic E-state index is 11.5. The minimum atomic E-state index is 0.0509. The van der Waals surface area contributed by atoms with Gasteiger partial charge in [-0.25, -0.2) is 0 Å². The van der Waals surface area contributed by atoms with Gasteiger partial charge in [0.15, 0.2) is 0 Å². The highest BCUT2D eigenvalue weighted by Gasteiger charge is 2.17. The Hall–Kier alpha value is -0.870. The molecule has 1 saturated heterocycles. The number of hydrogen-bond donors (Lipinski definition) is 2. The largest absolute Gasteiger partial charge is 0.348 e. The second kappa shape index (κ2) is 3.89. The average Bonchev–Trinajstić information content (AvgIpc) is 2.74. The van der Waals surface area contributed by atoms with E-state index < -0.39 is 0 Å². The van der Waals surface area contributed by atoms with E-state index in [-0.39, 0.29) is 5.91 Å². The first-order valence-corrected chi connectivity index (χ1v) is 5.34. The van der Waals surface area contributed by atoms with Gasteiger partial charge in [0.1, 0.15) is 0 Å². The molecule has 2 rings (SSSR count). The lowest BCUT2D eigenvalue weighted by Crippen LogP contribution is -2.35. The van der Waals surface area contributed by atoms with Crippen LogP contribution in [-0.2, 0) is 0 Å². The van der Waals surface area contributed by atoms with Crippen molar-refractivity contribution in [2.45, 2.75) is 12.5 Å². The summed E-state index contributed by atoms with van der Waals surface area (Å²) in [5.41, 5.74) is 0.775. The standard InChI is InChI=1S/C9H12N2OS/c12-9(7-2-4-13-6-7)11-8-1-3-10-5-8/h2,4,6,8,10H,1,3,5H2,(H,11,12)/t8-/m1/s1. The highest BCUT2D eigenvalue weighted by molar-refractivity contribution is 7.08. The highest BCUT2D eigenvalue weighted by atomic mass is 32.1. The van der Waals surface area contributed by atoms with E-state index in [0.717, 1.165) is 25.1 Å². The molecule has 3 nitrogen and oxygen atoms in total. The van der Waals surface area contributed by atoms with E-state index in [9.17, 15) is 4.79 Å². The van der Waals surface area contributed by atoms with Crippen LogP contribution in [0.4, 0.5) is 0 Å². The van der Waals surface area contributed by atoms with Crippen molar-refractivity contribution < 1.29 is 4.79 Å². The van der Waals surface area contributed by atoms with Crippen LogP contribution in [-0.4, -0.2) is 25.0 Å². The first-order valence-electron chi connectivity index (χ1n) is 4.40. The summed E-state index contributed by atoms with van der Waals surface area (Å²) in [5.74, 6) is 0.0509. The maximum Gasteiger partial charge on any atom is 0.252 e. The summed E-state index contributed by atoms with van der Waals surface area (Å²) in [6.07, 6.45) is 1.04. The second-order valence-corrected chi connectivity index (χ2v) is 3.96. The summed E-state index contributed by atoms with van der Waals surface area (Å²) in [4.78, 5) is 11.5. The summed E-state index contributed by atoms with van der Waals surface area (Å²) in [5, 5.41) is 9.99. The Bertz CT molecular complexity index is 278. The fourth-order valence-electron chi connectivity index (χ4n) is 1.44. The van der Waals surface area contributed by atoms with Gasteiger partial charge in [-0.05, 0) is 24.4 Å². The molecule has 0 aliphatic carbocycles. The lowest BCUT2D eigenvalue weighted by molar-refractivity contribution is 0.0940. The fourth-order valence-corrected chi connectivity index (χ4v) is 2.08. The Balaban J connectivity index is 1.91. The molecule has 0 bridgehead atoms. The van der Waals surface area contributed by atoms with E-state index in [0.29, 0.717) is 6.04 Å². The molecule has 13 heavy (non-hydrogen) atoms. The molecule has 1 fully saturated rings. The zero-order valence-electron chi connectivity index (χ0n) is 7.25. The lowest BCUT2D eigenvalue weighted by Gasteiger charge is -2.09. The average molecular weight is 196 g/mol. The molecule has 1 amide bonds. The molecule has 1 aliphatic rings. The third kappa shape index (κ3) is 2.08. The number of hydrogen-bond acceptors (Lipinski definition) is 3. The van der Waals surface area contributed by atoms with Crippen LogP contribution in [0.2, 0.25) is 0 Å². The quantitative estimate of drug-likeness (QED) is 0.736. The van der Waals surface area contributed by atoms with Crippen molar-refractivity contribution in [1.82, 2.24) is 10.6 Å². The van der Waals surface area contributed by atoms with Crippen molar-refractivity contribution in [3.63, 3.8) is 0 Å².